The number of carbonyl (C=O) groups is 1. The Labute approximate surface area is 180 Å². The monoisotopic (exact) mass is 488 g/mol. The van der Waals surface area contributed by atoms with E-state index in [2.05, 4.69) is 15.6 Å². The summed E-state index contributed by atoms with van der Waals surface area (Å²) in [5, 5.41) is 6.34. The summed E-state index contributed by atoms with van der Waals surface area (Å²) in [7, 11) is 0. The third-order valence-corrected chi connectivity index (χ3v) is 4.01. The topological polar surface area (TPSA) is 66.0 Å². The number of hydrogen-bond acceptors (Lipinski definition) is 3. The highest BCUT2D eigenvalue weighted by Crippen LogP contribution is 2.23. The van der Waals surface area contributed by atoms with Crippen LogP contribution in [0.2, 0.25) is 0 Å². The molecule has 1 amide bonds. The first-order chi connectivity index (χ1) is 12.4. The molecular weight excluding hydrogens is 455 g/mol. The van der Waals surface area contributed by atoms with Gasteiger partial charge in [0.2, 0.25) is 5.91 Å². The molecule has 6 nitrogen and oxygen atoms in total. The number of para-hydroxylation sites is 1. The fourth-order valence-corrected chi connectivity index (χ4v) is 2.81. The number of likely N-dealkylation sites (tertiary alicyclic amines) is 1. The maximum Gasteiger partial charge on any atom is 0.241 e. The van der Waals surface area contributed by atoms with Gasteiger partial charge in [0.1, 0.15) is 11.4 Å². The van der Waals surface area contributed by atoms with Crippen LogP contribution in [0.5, 0.6) is 5.75 Å². The Kier molecular flexibility index (Phi) is 9.90. The van der Waals surface area contributed by atoms with Crippen LogP contribution in [0.1, 0.15) is 46.1 Å². The Morgan fingerprint density at radius 1 is 1.19 bits per heavy atom. The summed E-state index contributed by atoms with van der Waals surface area (Å²) in [5.41, 5.74) is 0.760. The van der Waals surface area contributed by atoms with Gasteiger partial charge in [-0.2, -0.15) is 0 Å². The molecule has 0 saturated carbocycles. The molecule has 2 rings (SSSR count). The van der Waals surface area contributed by atoms with Crippen molar-refractivity contribution in [1.29, 1.82) is 0 Å². The van der Waals surface area contributed by atoms with Crippen LogP contribution in [0, 0.1) is 0 Å². The molecule has 7 heteroatoms. The normalized spacial score (nSPS) is 14.5. The largest absolute Gasteiger partial charge is 0.488 e. The number of nitrogens with one attached hydrogen (secondary N) is 2. The van der Waals surface area contributed by atoms with Gasteiger partial charge in [0.25, 0.3) is 0 Å². The number of amides is 1. The second-order valence-corrected chi connectivity index (χ2v) is 7.46. The van der Waals surface area contributed by atoms with Gasteiger partial charge in [0.05, 0.1) is 13.1 Å². The predicted molar refractivity (Wildman–Crippen MR) is 121 cm³/mol. The minimum Gasteiger partial charge on any atom is -0.488 e. The average Bonchev–Trinajstić information content (AvgIpc) is 3.11. The number of benzene rings is 1. The summed E-state index contributed by atoms with van der Waals surface area (Å²) in [5.74, 6) is 1.61. The molecule has 0 radical (unpaired) electrons. The van der Waals surface area contributed by atoms with Crippen LogP contribution >= 0.6 is 24.0 Å². The van der Waals surface area contributed by atoms with Crippen molar-refractivity contribution < 1.29 is 9.53 Å². The third-order valence-electron chi connectivity index (χ3n) is 4.01. The van der Waals surface area contributed by atoms with Crippen LogP contribution in [0.25, 0.3) is 0 Å². The number of carbonyl (C=O) groups excluding carboxylic acids is 1. The van der Waals surface area contributed by atoms with Gasteiger partial charge in [-0.25, -0.2) is 4.99 Å². The smallest absolute Gasteiger partial charge is 0.241 e. The van der Waals surface area contributed by atoms with Crippen molar-refractivity contribution in [2.45, 2.75) is 52.7 Å². The molecule has 0 spiro atoms. The second kappa shape index (κ2) is 11.4. The number of rotatable bonds is 6. The van der Waals surface area contributed by atoms with E-state index in [-0.39, 0.29) is 42.0 Å². The predicted octanol–water partition coefficient (Wildman–Crippen LogP) is 3.16. The molecule has 0 aliphatic carbocycles. The first kappa shape index (κ1) is 23.5. The summed E-state index contributed by atoms with van der Waals surface area (Å²) in [6.07, 6.45) is 2.20. The van der Waals surface area contributed by atoms with E-state index in [9.17, 15) is 4.79 Å². The van der Waals surface area contributed by atoms with E-state index in [4.69, 9.17) is 4.74 Å². The highest BCUT2D eigenvalue weighted by molar-refractivity contribution is 14.0. The van der Waals surface area contributed by atoms with Crippen molar-refractivity contribution in [1.82, 2.24) is 15.5 Å². The van der Waals surface area contributed by atoms with Crippen LogP contribution in [0.4, 0.5) is 0 Å². The third kappa shape index (κ3) is 8.36. The lowest BCUT2D eigenvalue weighted by Crippen LogP contribution is -2.44. The van der Waals surface area contributed by atoms with Gasteiger partial charge in [-0.15, -0.1) is 24.0 Å². The van der Waals surface area contributed by atoms with Crippen LogP contribution in [-0.4, -0.2) is 48.5 Å². The molecule has 1 aliphatic heterocycles. The maximum absolute atomic E-state index is 12.2. The van der Waals surface area contributed by atoms with E-state index in [1.165, 1.54) is 0 Å². The fraction of sp³-hybridized carbons (Fsp3) is 0.600. The summed E-state index contributed by atoms with van der Waals surface area (Å²) >= 11 is 0. The molecule has 152 valence electrons. The number of guanidine groups is 1. The molecule has 27 heavy (non-hydrogen) atoms. The van der Waals surface area contributed by atoms with Crippen molar-refractivity contribution in [2.75, 3.05) is 26.2 Å². The molecule has 1 aromatic rings. The van der Waals surface area contributed by atoms with E-state index in [1.807, 2.05) is 56.9 Å². The molecule has 2 N–H and O–H groups in total. The Morgan fingerprint density at radius 3 is 2.48 bits per heavy atom. The Morgan fingerprint density at radius 2 is 1.85 bits per heavy atom. The van der Waals surface area contributed by atoms with Gasteiger partial charge >= 0.3 is 0 Å². The molecule has 0 atom stereocenters. The standard InChI is InChI=1S/C20H32N4O2.HI/c1-5-21-19(23-15-18(25)24-12-8-9-13-24)22-14-16-10-6-7-11-17(16)26-20(2,3)4;/h6-7,10-11H,5,8-9,12-15H2,1-4H3,(H2,21,22,23);1H. The average molecular weight is 488 g/mol. The van der Waals surface area contributed by atoms with Gasteiger partial charge in [-0.3, -0.25) is 4.79 Å². The quantitative estimate of drug-likeness (QED) is 0.367. The van der Waals surface area contributed by atoms with Crippen LogP contribution in [0.3, 0.4) is 0 Å². The lowest BCUT2D eigenvalue weighted by molar-refractivity contribution is -0.128. The summed E-state index contributed by atoms with van der Waals surface area (Å²) in [4.78, 5) is 18.7. The van der Waals surface area contributed by atoms with Gasteiger partial charge in [-0.1, -0.05) is 18.2 Å². The molecule has 0 aromatic heterocycles. The highest BCUT2D eigenvalue weighted by atomic mass is 127. The first-order valence-electron chi connectivity index (χ1n) is 9.46. The SMILES string of the molecule is CCNC(=NCc1ccccc1OC(C)(C)C)NCC(=O)N1CCCC1.I. The van der Waals surface area contributed by atoms with Gasteiger partial charge in [-0.05, 0) is 46.6 Å². The molecule has 1 aliphatic rings. The van der Waals surface area contributed by atoms with Gasteiger partial charge in [0.15, 0.2) is 5.96 Å². The van der Waals surface area contributed by atoms with Crippen LogP contribution < -0.4 is 15.4 Å². The minimum atomic E-state index is -0.259. The number of aliphatic imine (C=N–C) groups is 1. The van der Waals surface area contributed by atoms with E-state index in [1.54, 1.807) is 0 Å². The lowest BCUT2D eigenvalue weighted by Gasteiger charge is -2.23. The number of hydrogen-bond donors (Lipinski definition) is 2. The van der Waals surface area contributed by atoms with Crippen molar-refractivity contribution in [3.05, 3.63) is 29.8 Å². The Bertz CT molecular complexity index is 623. The zero-order valence-electron chi connectivity index (χ0n) is 16.9. The molecule has 1 saturated heterocycles. The van der Waals surface area contributed by atoms with Crippen molar-refractivity contribution in [2.24, 2.45) is 4.99 Å². The summed E-state index contributed by atoms with van der Waals surface area (Å²) in [6.45, 7) is 11.3. The molecule has 0 bridgehead atoms. The Balaban J connectivity index is 0.00000364. The van der Waals surface area contributed by atoms with Gasteiger partial charge in [0, 0.05) is 25.2 Å². The lowest BCUT2D eigenvalue weighted by atomic mass is 10.1. The first-order valence-corrected chi connectivity index (χ1v) is 9.46. The van der Waals surface area contributed by atoms with Crippen molar-refractivity contribution >= 4 is 35.8 Å². The molecular formula is C20H33IN4O2. The van der Waals surface area contributed by atoms with E-state index in [0.717, 1.165) is 43.8 Å². The number of nitrogens with zero attached hydrogens (tertiary/aromatic N) is 2. The van der Waals surface area contributed by atoms with E-state index in [0.29, 0.717) is 12.5 Å². The molecule has 1 aromatic carbocycles. The fourth-order valence-electron chi connectivity index (χ4n) is 2.81. The van der Waals surface area contributed by atoms with Crippen molar-refractivity contribution in [3.63, 3.8) is 0 Å². The summed E-state index contributed by atoms with van der Waals surface area (Å²) < 4.78 is 6.02. The zero-order valence-corrected chi connectivity index (χ0v) is 19.2. The van der Waals surface area contributed by atoms with Crippen LogP contribution in [0.15, 0.2) is 29.3 Å². The minimum absolute atomic E-state index is 0. The second-order valence-electron chi connectivity index (χ2n) is 7.46. The van der Waals surface area contributed by atoms with E-state index >= 15 is 0 Å². The Hall–Kier alpha value is -1.51. The number of halogens is 1. The highest BCUT2D eigenvalue weighted by Gasteiger charge is 2.18. The van der Waals surface area contributed by atoms with Crippen molar-refractivity contribution in [3.8, 4) is 5.75 Å². The van der Waals surface area contributed by atoms with E-state index < -0.39 is 0 Å². The maximum atomic E-state index is 12.2. The zero-order chi connectivity index (χ0) is 19.0. The molecule has 1 heterocycles. The van der Waals surface area contributed by atoms with Gasteiger partial charge < -0.3 is 20.3 Å². The molecule has 0 unspecified atom stereocenters. The van der Waals surface area contributed by atoms with Crippen LogP contribution in [-0.2, 0) is 11.3 Å². The summed E-state index contributed by atoms with van der Waals surface area (Å²) in [6, 6.07) is 7.93. The molecule has 1 fully saturated rings. The number of ether oxygens (including phenoxy) is 1.